The molecule has 4 nitrogen and oxygen atoms in total. The van der Waals surface area contributed by atoms with Crippen molar-refractivity contribution in [1.29, 1.82) is 0 Å². The summed E-state index contributed by atoms with van der Waals surface area (Å²) < 4.78 is 10.6. The molecule has 0 saturated carbocycles. The average Bonchev–Trinajstić information content (AvgIpc) is 2.82. The number of carbonyl (C=O) groups excluding carboxylic acids is 2. The number of para-hydroxylation sites is 1. The first-order valence-corrected chi connectivity index (χ1v) is 6.98. The van der Waals surface area contributed by atoms with Crippen molar-refractivity contribution in [3.63, 3.8) is 0 Å². The van der Waals surface area contributed by atoms with Crippen molar-refractivity contribution >= 4 is 11.8 Å². The van der Waals surface area contributed by atoms with Gasteiger partial charge in [0.2, 0.25) is 0 Å². The van der Waals surface area contributed by atoms with Gasteiger partial charge in [-0.1, -0.05) is 32.0 Å². The monoisotopic (exact) mass is 276 g/mol. The Labute approximate surface area is 119 Å². The lowest BCUT2D eigenvalue weighted by Crippen LogP contribution is -2.34. The number of Topliss-reactive ketones (excluding diaryl/α,β-unsaturated/α-hetero) is 1. The molecular weight excluding hydrogens is 256 g/mol. The van der Waals surface area contributed by atoms with Gasteiger partial charge in [0, 0.05) is 5.56 Å². The summed E-state index contributed by atoms with van der Waals surface area (Å²) in [6.07, 6.45) is 0. The SMILES string of the molecule is CCOC(=O)C(C(=O)C1COc2ccccc21)C(C)C. The summed E-state index contributed by atoms with van der Waals surface area (Å²) in [6.45, 7) is 6.06. The van der Waals surface area contributed by atoms with E-state index in [9.17, 15) is 9.59 Å². The molecule has 1 aliphatic heterocycles. The highest BCUT2D eigenvalue weighted by Gasteiger charge is 2.39. The molecule has 0 aliphatic carbocycles. The number of carbonyl (C=O) groups is 2. The molecule has 2 atom stereocenters. The normalized spacial score (nSPS) is 18.3. The van der Waals surface area contributed by atoms with E-state index in [1.54, 1.807) is 6.92 Å². The minimum Gasteiger partial charge on any atom is -0.492 e. The number of ketones is 1. The van der Waals surface area contributed by atoms with Gasteiger partial charge >= 0.3 is 5.97 Å². The third-order valence-electron chi connectivity index (χ3n) is 3.56. The zero-order valence-electron chi connectivity index (χ0n) is 12.1. The van der Waals surface area contributed by atoms with E-state index in [0.717, 1.165) is 11.3 Å². The summed E-state index contributed by atoms with van der Waals surface area (Å²) in [5.41, 5.74) is 0.868. The second-order valence-corrected chi connectivity index (χ2v) is 5.28. The van der Waals surface area contributed by atoms with Crippen molar-refractivity contribution < 1.29 is 19.1 Å². The average molecular weight is 276 g/mol. The van der Waals surface area contributed by atoms with Crippen LogP contribution in [0.25, 0.3) is 0 Å². The minimum absolute atomic E-state index is 0.0886. The first-order chi connectivity index (χ1) is 9.56. The first-order valence-electron chi connectivity index (χ1n) is 6.98. The smallest absolute Gasteiger partial charge is 0.316 e. The Morgan fingerprint density at radius 2 is 2.05 bits per heavy atom. The van der Waals surface area contributed by atoms with Crippen molar-refractivity contribution in [3.8, 4) is 5.75 Å². The molecule has 0 saturated heterocycles. The topological polar surface area (TPSA) is 52.6 Å². The molecule has 4 heteroatoms. The quantitative estimate of drug-likeness (QED) is 0.612. The van der Waals surface area contributed by atoms with Gasteiger partial charge in [-0.25, -0.2) is 0 Å². The summed E-state index contributed by atoms with van der Waals surface area (Å²) in [5, 5.41) is 0. The van der Waals surface area contributed by atoms with Gasteiger partial charge in [-0.2, -0.15) is 0 Å². The number of rotatable bonds is 5. The van der Waals surface area contributed by atoms with Gasteiger partial charge in [-0.05, 0) is 18.9 Å². The van der Waals surface area contributed by atoms with Crippen molar-refractivity contribution in [1.82, 2.24) is 0 Å². The lowest BCUT2D eigenvalue weighted by atomic mass is 9.83. The Kier molecular flexibility index (Phi) is 4.42. The molecule has 20 heavy (non-hydrogen) atoms. The summed E-state index contributed by atoms with van der Waals surface area (Å²) in [6, 6.07) is 7.48. The maximum absolute atomic E-state index is 12.7. The van der Waals surface area contributed by atoms with Crippen LogP contribution < -0.4 is 4.74 Å². The van der Waals surface area contributed by atoms with Crippen LogP contribution in [-0.4, -0.2) is 25.0 Å². The third-order valence-corrected chi connectivity index (χ3v) is 3.56. The maximum atomic E-state index is 12.7. The molecule has 1 aromatic rings. The summed E-state index contributed by atoms with van der Waals surface area (Å²) in [7, 11) is 0. The molecule has 2 unspecified atom stereocenters. The van der Waals surface area contributed by atoms with Crippen molar-refractivity contribution in [2.24, 2.45) is 11.8 Å². The number of esters is 1. The van der Waals surface area contributed by atoms with Gasteiger partial charge in [0.25, 0.3) is 0 Å². The van der Waals surface area contributed by atoms with Crippen LogP contribution in [-0.2, 0) is 14.3 Å². The molecular formula is C16H20O4. The number of ether oxygens (including phenoxy) is 2. The molecule has 0 spiro atoms. The van der Waals surface area contributed by atoms with Crippen molar-refractivity contribution in [2.75, 3.05) is 13.2 Å². The zero-order valence-corrected chi connectivity index (χ0v) is 12.1. The van der Waals surface area contributed by atoms with E-state index < -0.39 is 11.9 Å². The predicted molar refractivity (Wildman–Crippen MR) is 74.6 cm³/mol. The molecule has 0 N–H and O–H groups in total. The van der Waals surface area contributed by atoms with E-state index in [1.807, 2.05) is 38.1 Å². The highest BCUT2D eigenvalue weighted by atomic mass is 16.5. The Bertz CT molecular complexity index is 507. The minimum atomic E-state index is -0.727. The van der Waals surface area contributed by atoms with Gasteiger partial charge in [-0.3, -0.25) is 9.59 Å². The predicted octanol–water partition coefficient (Wildman–Crippen LogP) is 2.57. The van der Waals surface area contributed by atoms with Gasteiger partial charge in [0.15, 0.2) is 5.78 Å². The maximum Gasteiger partial charge on any atom is 0.316 e. The van der Waals surface area contributed by atoms with Crippen molar-refractivity contribution in [3.05, 3.63) is 29.8 Å². The van der Waals surface area contributed by atoms with Gasteiger partial charge < -0.3 is 9.47 Å². The van der Waals surface area contributed by atoms with Crippen LogP contribution in [0.5, 0.6) is 5.75 Å². The van der Waals surface area contributed by atoms with E-state index in [0.29, 0.717) is 6.61 Å². The summed E-state index contributed by atoms with van der Waals surface area (Å²) in [5.74, 6) is -0.996. The molecule has 0 fully saturated rings. The van der Waals surface area contributed by atoms with Gasteiger partial charge in [-0.15, -0.1) is 0 Å². The molecule has 108 valence electrons. The molecule has 0 amide bonds. The van der Waals surface area contributed by atoms with E-state index in [2.05, 4.69) is 0 Å². The lowest BCUT2D eigenvalue weighted by Gasteiger charge is -2.20. The standard InChI is InChI=1S/C16H20O4/c1-4-19-16(18)14(10(2)3)15(17)12-9-20-13-8-6-5-7-11(12)13/h5-8,10,12,14H,4,9H2,1-3H3. The van der Waals surface area contributed by atoms with Crippen molar-refractivity contribution in [2.45, 2.75) is 26.7 Å². The molecule has 0 aromatic heterocycles. The molecule has 0 radical (unpaired) electrons. The van der Waals surface area contributed by atoms with Crippen LogP contribution in [0.3, 0.4) is 0 Å². The fraction of sp³-hybridized carbons (Fsp3) is 0.500. The van der Waals surface area contributed by atoms with Crippen LogP contribution >= 0.6 is 0 Å². The zero-order chi connectivity index (χ0) is 14.7. The van der Waals surface area contributed by atoms with Crippen LogP contribution in [0, 0.1) is 11.8 Å². The number of hydrogen-bond acceptors (Lipinski definition) is 4. The molecule has 1 heterocycles. The Balaban J connectivity index is 2.23. The lowest BCUT2D eigenvalue weighted by molar-refractivity contribution is -0.153. The molecule has 1 aromatic carbocycles. The number of fused-ring (bicyclic) bond motifs is 1. The van der Waals surface area contributed by atoms with E-state index in [-0.39, 0.29) is 24.2 Å². The molecule has 0 bridgehead atoms. The molecule has 1 aliphatic rings. The number of benzene rings is 1. The second-order valence-electron chi connectivity index (χ2n) is 5.28. The van der Waals surface area contributed by atoms with Crippen LogP contribution in [0.2, 0.25) is 0 Å². The summed E-state index contributed by atoms with van der Waals surface area (Å²) in [4.78, 5) is 24.7. The highest BCUT2D eigenvalue weighted by Crippen LogP contribution is 2.36. The number of hydrogen-bond donors (Lipinski definition) is 0. The fourth-order valence-electron chi connectivity index (χ4n) is 2.56. The Hall–Kier alpha value is -1.84. The van der Waals surface area contributed by atoms with Crippen LogP contribution in [0.4, 0.5) is 0 Å². The van der Waals surface area contributed by atoms with Crippen LogP contribution in [0.15, 0.2) is 24.3 Å². The van der Waals surface area contributed by atoms with E-state index in [4.69, 9.17) is 9.47 Å². The highest BCUT2D eigenvalue weighted by molar-refractivity contribution is 6.03. The first kappa shape index (κ1) is 14.6. The van der Waals surface area contributed by atoms with Crippen LogP contribution in [0.1, 0.15) is 32.3 Å². The Morgan fingerprint density at radius 1 is 1.35 bits per heavy atom. The second kappa shape index (κ2) is 6.07. The third kappa shape index (κ3) is 2.69. The van der Waals surface area contributed by atoms with E-state index in [1.165, 1.54) is 0 Å². The van der Waals surface area contributed by atoms with Gasteiger partial charge in [0.05, 0.1) is 12.5 Å². The fourth-order valence-corrected chi connectivity index (χ4v) is 2.56. The molecule has 2 rings (SSSR count). The van der Waals surface area contributed by atoms with E-state index >= 15 is 0 Å². The largest absolute Gasteiger partial charge is 0.492 e. The Morgan fingerprint density at radius 3 is 2.70 bits per heavy atom. The van der Waals surface area contributed by atoms with Gasteiger partial charge in [0.1, 0.15) is 18.3 Å². The summed E-state index contributed by atoms with van der Waals surface area (Å²) >= 11 is 0.